The predicted molar refractivity (Wildman–Crippen MR) is 93.4 cm³/mol. The number of amides is 1. The number of benzene rings is 2. The first-order chi connectivity index (χ1) is 12.8. The van der Waals surface area contributed by atoms with Gasteiger partial charge in [-0.2, -0.15) is 0 Å². The van der Waals surface area contributed by atoms with E-state index in [-0.39, 0.29) is 17.9 Å². The number of aliphatic hydroxyl groups is 2. The second-order valence-electron chi connectivity index (χ2n) is 5.87. The first-order valence-corrected chi connectivity index (χ1v) is 8.04. The Labute approximate surface area is 154 Å². The third-order valence-corrected chi connectivity index (χ3v) is 3.86. The lowest BCUT2D eigenvalue weighted by Gasteiger charge is -2.19. The van der Waals surface area contributed by atoms with E-state index in [9.17, 15) is 29.5 Å². The molecular weight excluding hydrogens is 359 g/mol. The van der Waals surface area contributed by atoms with Crippen LogP contribution in [0.5, 0.6) is 0 Å². The maximum Gasteiger partial charge on any atom is 0.407 e. The van der Waals surface area contributed by atoms with E-state index in [1.807, 2.05) is 6.07 Å². The normalized spacial score (nSPS) is 12.9. The van der Waals surface area contributed by atoms with Crippen LogP contribution in [0.4, 0.5) is 14.9 Å². The fourth-order valence-corrected chi connectivity index (χ4v) is 2.38. The van der Waals surface area contributed by atoms with Crippen molar-refractivity contribution in [2.45, 2.75) is 25.7 Å². The average Bonchev–Trinajstić information content (AvgIpc) is 2.64. The van der Waals surface area contributed by atoms with Gasteiger partial charge in [-0.15, -0.1) is 0 Å². The molecule has 0 fully saturated rings. The van der Waals surface area contributed by atoms with E-state index in [2.05, 4.69) is 5.32 Å². The van der Waals surface area contributed by atoms with Crippen molar-refractivity contribution < 1.29 is 29.1 Å². The molecule has 0 bridgehead atoms. The van der Waals surface area contributed by atoms with Crippen molar-refractivity contribution in [2.24, 2.45) is 0 Å². The number of halogens is 1. The van der Waals surface area contributed by atoms with Crippen molar-refractivity contribution in [3.8, 4) is 0 Å². The van der Waals surface area contributed by atoms with E-state index in [4.69, 9.17) is 4.74 Å². The van der Waals surface area contributed by atoms with E-state index in [0.29, 0.717) is 0 Å². The number of alkyl carbamates (subject to hydrolysis) is 1. The number of aryl methyl sites for hydroxylation is 1. The number of carbonyl (C=O) groups is 1. The Morgan fingerprint density at radius 2 is 1.96 bits per heavy atom. The number of nitrogens with zero attached hydrogens (tertiary/aromatic N) is 1. The minimum absolute atomic E-state index is 0.0180. The fourth-order valence-electron chi connectivity index (χ4n) is 2.38. The molecule has 0 aliphatic rings. The highest BCUT2D eigenvalue weighted by Gasteiger charge is 2.26. The zero-order chi connectivity index (χ0) is 20.0. The molecule has 0 aromatic heterocycles. The molecule has 0 radical (unpaired) electrons. The van der Waals surface area contributed by atoms with Gasteiger partial charge in [-0.1, -0.05) is 30.3 Å². The van der Waals surface area contributed by atoms with Gasteiger partial charge in [-0.05, 0) is 18.6 Å². The summed E-state index contributed by atoms with van der Waals surface area (Å²) >= 11 is 0. The van der Waals surface area contributed by atoms with E-state index in [1.165, 1.54) is 6.92 Å². The minimum Gasteiger partial charge on any atom is -0.445 e. The van der Waals surface area contributed by atoms with Crippen LogP contribution < -0.4 is 5.32 Å². The van der Waals surface area contributed by atoms with E-state index in [1.54, 1.807) is 24.3 Å². The fraction of sp³-hybridized carbons (Fsp3) is 0.278. The molecule has 3 N–H and O–H groups in total. The monoisotopic (exact) mass is 378 g/mol. The third-order valence-electron chi connectivity index (χ3n) is 3.86. The van der Waals surface area contributed by atoms with Gasteiger partial charge in [0.1, 0.15) is 24.6 Å². The molecule has 0 aliphatic heterocycles. The molecule has 144 valence electrons. The summed E-state index contributed by atoms with van der Waals surface area (Å²) in [5.41, 5.74) is 0.0416. The zero-order valence-corrected chi connectivity index (χ0v) is 14.5. The number of aliphatic hydroxyl groups excluding tert-OH is 2. The molecule has 2 unspecified atom stereocenters. The van der Waals surface area contributed by atoms with Crippen molar-refractivity contribution in [1.29, 1.82) is 0 Å². The number of nitro groups is 1. The van der Waals surface area contributed by atoms with Gasteiger partial charge in [0.15, 0.2) is 0 Å². The minimum atomic E-state index is -1.77. The molecule has 1 amide bonds. The molecule has 2 aromatic carbocycles. The van der Waals surface area contributed by atoms with Crippen molar-refractivity contribution in [3.05, 3.63) is 75.1 Å². The second kappa shape index (κ2) is 9.06. The van der Waals surface area contributed by atoms with Crippen LogP contribution in [0.15, 0.2) is 42.5 Å². The molecule has 9 heteroatoms. The van der Waals surface area contributed by atoms with Crippen LogP contribution in [0, 0.1) is 22.9 Å². The smallest absolute Gasteiger partial charge is 0.407 e. The lowest BCUT2D eigenvalue weighted by Crippen LogP contribution is -2.36. The van der Waals surface area contributed by atoms with Crippen molar-refractivity contribution in [2.75, 3.05) is 6.54 Å². The maximum absolute atomic E-state index is 14.0. The number of nitrogens with one attached hydrogen (secondary N) is 1. The Balaban J connectivity index is 1.93. The summed E-state index contributed by atoms with van der Waals surface area (Å²) in [7, 11) is 0. The van der Waals surface area contributed by atoms with Crippen molar-refractivity contribution >= 4 is 11.8 Å². The van der Waals surface area contributed by atoms with Gasteiger partial charge in [0.25, 0.3) is 5.69 Å². The van der Waals surface area contributed by atoms with Crippen LogP contribution in [-0.4, -0.2) is 33.9 Å². The van der Waals surface area contributed by atoms with Gasteiger partial charge in [-0.3, -0.25) is 10.1 Å². The van der Waals surface area contributed by atoms with Gasteiger partial charge in [0, 0.05) is 23.7 Å². The maximum atomic E-state index is 14.0. The van der Waals surface area contributed by atoms with Crippen LogP contribution in [-0.2, 0) is 11.3 Å². The highest BCUT2D eigenvalue weighted by Crippen LogP contribution is 2.27. The van der Waals surface area contributed by atoms with Crippen LogP contribution >= 0.6 is 0 Å². The first-order valence-electron chi connectivity index (χ1n) is 8.04. The topological polar surface area (TPSA) is 122 Å². The molecule has 8 nitrogen and oxygen atoms in total. The zero-order valence-electron chi connectivity index (χ0n) is 14.5. The Hall–Kier alpha value is -3.04. The predicted octanol–water partition coefficient (Wildman–Crippen LogP) is 2.36. The van der Waals surface area contributed by atoms with Crippen LogP contribution in [0.3, 0.4) is 0 Å². The summed E-state index contributed by atoms with van der Waals surface area (Å²) in [6.07, 6.45) is -4.19. The average molecular weight is 378 g/mol. The van der Waals surface area contributed by atoms with Crippen molar-refractivity contribution in [1.82, 2.24) is 5.32 Å². The number of carbonyl (C=O) groups excluding carboxylic acids is 1. The SMILES string of the molecule is Cc1cc(F)c(C(O)C(O)CNC(=O)OCc2ccccc2)cc1[N+](=O)[O-]. The van der Waals surface area contributed by atoms with Crippen LogP contribution in [0.1, 0.15) is 22.8 Å². The van der Waals surface area contributed by atoms with E-state index in [0.717, 1.165) is 17.7 Å². The summed E-state index contributed by atoms with van der Waals surface area (Å²) in [6.45, 7) is 0.943. The number of hydrogen-bond acceptors (Lipinski definition) is 6. The van der Waals surface area contributed by atoms with Gasteiger partial charge < -0.3 is 20.3 Å². The molecule has 0 saturated carbocycles. The van der Waals surface area contributed by atoms with Gasteiger partial charge in [-0.25, -0.2) is 9.18 Å². The quantitative estimate of drug-likeness (QED) is 0.502. The van der Waals surface area contributed by atoms with E-state index >= 15 is 0 Å². The molecule has 2 aromatic rings. The molecule has 0 saturated heterocycles. The van der Waals surface area contributed by atoms with Crippen LogP contribution in [0.2, 0.25) is 0 Å². The molecule has 0 spiro atoms. The summed E-state index contributed by atoms with van der Waals surface area (Å²) in [4.78, 5) is 21.9. The molecule has 0 aliphatic carbocycles. The summed E-state index contributed by atoms with van der Waals surface area (Å²) in [5, 5.41) is 33.2. The highest BCUT2D eigenvalue weighted by atomic mass is 19.1. The number of ether oxygens (including phenoxy) is 1. The Bertz CT molecular complexity index is 815. The second-order valence-corrected chi connectivity index (χ2v) is 5.87. The van der Waals surface area contributed by atoms with Gasteiger partial charge in [0.05, 0.1) is 4.92 Å². The molecule has 2 rings (SSSR count). The third kappa shape index (κ3) is 5.47. The number of nitro benzene ring substituents is 1. The Morgan fingerprint density at radius 3 is 2.59 bits per heavy atom. The van der Waals surface area contributed by atoms with E-state index < -0.39 is 41.1 Å². The molecule has 27 heavy (non-hydrogen) atoms. The molecular formula is C18H19FN2O6. The number of rotatable bonds is 7. The summed E-state index contributed by atoms with van der Waals surface area (Å²) < 4.78 is 19.0. The summed E-state index contributed by atoms with van der Waals surface area (Å²) in [5.74, 6) is -0.892. The Morgan fingerprint density at radius 1 is 1.30 bits per heavy atom. The first kappa shape index (κ1) is 20.3. The standard InChI is InChI=1S/C18H19FN2O6/c1-11-7-14(19)13(8-15(11)21(25)26)17(23)16(22)9-20-18(24)27-10-12-5-3-2-4-6-12/h2-8,16-17,22-23H,9-10H2,1H3,(H,20,24). The summed E-state index contributed by atoms with van der Waals surface area (Å²) in [6, 6.07) is 10.7. The highest BCUT2D eigenvalue weighted by molar-refractivity contribution is 5.67. The lowest BCUT2D eigenvalue weighted by molar-refractivity contribution is -0.385. The Kier molecular flexibility index (Phi) is 6.80. The molecule has 2 atom stereocenters. The molecule has 0 heterocycles. The lowest BCUT2D eigenvalue weighted by atomic mass is 10.0. The van der Waals surface area contributed by atoms with Crippen molar-refractivity contribution in [3.63, 3.8) is 0 Å². The van der Waals surface area contributed by atoms with Gasteiger partial charge in [0.2, 0.25) is 0 Å². The van der Waals surface area contributed by atoms with Gasteiger partial charge >= 0.3 is 6.09 Å². The van der Waals surface area contributed by atoms with Crippen LogP contribution in [0.25, 0.3) is 0 Å². The largest absolute Gasteiger partial charge is 0.445 e. The number of hydrogen-bond donors (Lipinski definition) is 3.